The average molecular weight is 134 g/mol. The molecule has 0 aliphatic heterocycles. The van der Waals surface area contributed by atoms with Crippen molar-refractivity contribution in [2.24, 2.45) is 5.92 Å². The van der Waals surface area contributed by atoms with Crippen molar-refractivity contribution in [2.45, 2.75) is 6.42 Å². The molecule has 1 aliphatic carbocycles. The molecule has 0 radical (unpaired) electrons. The lowest BCUT2D eigenvalue weighted by Crippen LogP contribution is -1.91. The molecule has 0 N–H and O–H groups in total. The molecule has 0 aromatic rings. The summed E-state index contributed by atoms with van der Waals surface area (Å²) >= 11 is 0. The van der Waals surface area contributed by atoms with E-state index in [1.807, 2.05) is 18.2 Å². The minimum absolute atomic E-state index is 0.426. The highest BCUT2D eigenvalue weighted by molar-refractivity contribution is 5.64. The van der Waals surface area contributed by atoms with Crippen molar-refractivity contribution in [3.8, 4) is 0 Å². The van der Waals surface area contributed by atoms with Gasteiger partial charge in [0.15, 0.2) is 0 Å². The van der Waals surface area contributed by atoms with Gasteiger partial charge in [0, 0.05) is 0 Å². The highest BCUT2D eigenvalue weighted by Gasteiger charge is 1.97. The Morgan fingerprint density at radius 1 is 1.40 bits per heavy atom. The first-order valence-electron chi connectivity index (χ1n) is 3.39. The quantitative estimate of drug-likeness (QED) is 0.416. The van der Waals surface area contributed by atoms with Crippen LogP contribution in [0.2, 0.25) is 0 Å². The molecule has 0 aromatic heterocycles. The second-order valence-electron chi connectivity index (χ2n) is 2.23. The van der Waals surface area contributed by atoms with E-state index in [1.165, 1.54) is 0 Å². The molecule has 1 unspecified atom stereocenters. The van der Waals surface area contributed by atoms with Gasteiger partial charge in [-0.15, -0.1) is 0 Å². The molecule has 0 saturated heterocycles. The standard InChI is InChI=1S/C9H10O/c10-8-4-7-9-5-2-1-3-6-9/h1-5,7-9H,6H2. The number of hydrogen-bond acceptors (Lipinski definition) is 1. The number of aldehydes is 1. The van der Waals surface area contributed by atoms with Crippen molar-refractivity contribution in [1.82, 2.24) is 0 Å². The Morgan fingerprint density at radius 3 is 2.90 bits per heavy atom. The zero-order chi connectivity index (χ0) is 7.23. The Hall–Kier alpha value is -1.11. The molecule has 1 aliphatic rings. The molecule has 1 atom stereocenters. The van der Waals surface area contributed by atoms with E-state index in [4.69, 9.17) is 0 Å². The summed E-state index contributed by atoms with van der Waals surface area (Å²) in [5, 5.41) is 0. The maximum Gasteiger partial charge on any atom is 0.142 e. The zero-order valence-electron chi connectivity index (χ0n) is 5.73. The lowest BCUT2D eigenvalue weighted by molar-refractivity contribution is -0.104. The predicted molar refractivity (Wildman–Crippen MR) is 41.6 cm³/mol. The summed E-state index contributed by atoms with van der Waals surface area (Å²) in [6.45, 7) is 0. The molecule has 52 valence electrons. The van der Waals surface area contributed by atoms with Crippen LogP contribution in [0.25, 0.3) is 0 Å². The van der Waals surface area contributed by atoms with Gasteiger partial charge in [0.2, 0.25) is 0 Å². The van der Waals surface area contributed by atoms with Gasteiger partial charge >= 0.3 is 0 Å². The van der Waals surface area contributed by atoms with Crippen LogP contribution >= 0.6 is 0 Å². The second-order valence-corrected chi connectivity index (χ2v) is 2.23. The van der Waals surface area contributed by atoms with Gasteiger partial charge in [0.05, 0.1) is 0 Å². The molecule has 0 heterocycles. The van der Waals surface area contributed by atoms with Gasteiger partial charge in [-0.25, -0.2) is 0 Å². The summed E-state index contributed by atoms with van der Waals surface area (Å²) in [5.74, 6) is 0.426. The first kappa shape index (κ1) is 7.00. The van der Waals surface area contributed by atoms with Gasteiger partial charge in [-0.1, -0.05) is 30.4 Å². The van der Waals surface area contributed by atoms with Crippen LogP contribution in [-0.2, 0) is 4.79 Å². The molecule has 10 heavy (non-hydrogen) atoms. The van der Waals surface area contributed by atoms with Crippen molar-refractivity contribution in [3.63, 3.8) is 0 Å². The molecule has 0 saturated carbocycles. The van der Waals surface area contributed by atoms with E-state index >= 15 is 0 Å². The van der Waals surface area contributed by atoms with Gasteiger partial charge in [-0.2, -0.15) is 0 Å². The van der Waals surface area contributed by atoms with Crippen molar-refractivity contribution in [1.29, 1.82) is 0 Å². The van der Waals surface area contributed by atoms with Crippen LogP contribution in [0.1, 0.15) is 6.42 Å². The minimum atomic E-state index is 0.426. The Morgan fingerprint density at radius 2 is 2.30 bits per heavy atom. The van der Waals surface area contributed by atoms with Gasteiger partial charge in [-0.3, -0.25) is 4.79 Å². The van der Waals surface area contributed by atoms with Gasteiger partial charge in [0.1, 0.15) is 6.29 Å². The molecule has 1 heteroatoms. The fourth-order valence-electron chi connectivity index (χ4n) is 0.931. The van der Waals surface area contributed by atoms with E-state index in [0.717, 1.165) is 12.7 Å². The Kier molecular flexibility index (Phi) is 2.68. The highest BCUT2D eigenvalue weighted by Crippen LogP contribution is 2.11. The lowest BCUT2D eigenvalue weighted by atomic mass is 10.0. The summed E-state index contributed by atoms with van der Waals surface area (Å²) in [6.07, 6.45) is 13.5. The lowest BCUT2D eigenvalue weighted by Gasteiger charge is -2.04. The Labute approximate surface area is 60.7 Å². The number of allylic oxidation sites excluding steroid dienone is 6. The van der Waals surface area contributed by atoms with Crippen molar-refractivity contribution in [2.75, 3.05) is 0 Å². The van der Waals surface area contributed by atoms with Crippen molar-refractivity contribution < 1.29 is 4.79 Å². The highest BCUT2D eigenvalue weighted by atomic mass is 16.1. The normalized spacial score (nSPS) is 23.8. The van der Waals surface area contributed by atoms with Crippen LogP contribution in [0.3, 0.4) is 0 Å². The van der Waals surface area contributed by atoms with Crippen LogP contribution < -0.4 is 0 Å². The Balaban J connectivity index is 2.43. The molecule has 0 amide bonds. The van der Waals surface area contributed by atoms with E-state index in [9.17, 15) is 4.79 Å². The van der Waals surface area contributed by atoms with Crippen molar-refractivity contribution in [3.05, 3.63) is 36.5 Å². The van der Waals surface area contributed by atoms with Gasteiger partial charge < -0.3 is 0 Å². The molecule has 0 spiro atoms. The molecule has 0 fully saturated rings. The predicted octanol–water partition coefficient (Wildman–Crippen LogP) is 1.87. The minimum Gasteiger partial charge on any atom is -0.299 e. The topological polar surface area (TPSA) is 17.1 Å². The second kappa shape index (κ2) is 3.83. The van der Waals surface area contributed by atoms with E-state index in [0.29, 0.717) is 5.92 Å². The first-order valence-corrected chi connectivity index (χ1v) is 3.39. The number of carbonyl (C=O) groups excluding carboxylic acids is 1. The maximum atomic E-state index is 9.92. The molecular weight excluding hydrogens is 124 g/mol. The van der Waals surface area contributed by atoms with Crippen LogP contribution in [0, 0.1) is 5.92 Å². The summed E-state index contributed by atoms with van der Waals surface area (Å²) in [4.78, 5) is 9.92. The van der Waals surface area contributed by atoms with E-state index < -0.39 is 0 Å². The third-order valence-electron chi connectivity index (χ3n) is 1.45. The fraction of sp³-hybridized carbons (Fsp3) is 0.222. The van der Waals surface area contributed by atoms with Gasteiger partial charge in [0.25, 0.3) is 0 Å². The maximum absolute atomic E-state index is 9.92. The van der Waals surface area contributed by atoms with Crippen LogP contribution in [0.15, 0.2) is 36.5 Å². The number of rotatable bonds is 2. The van der Waals surface area contributed by atoms with E-state index in [2.05, 4.69) is 12.2 Å². The Bertz CT molecular complexity index is 187. The summed E-state index contributed by atoms with van der Waals surface area (Å²) in [7, 11) is 0. The average Bonchev–Trinajstić information content (AvgIpc) is 2.03. The van der Waals surface area contributed by atoms with Crippen LogP contribution in [-0.4, -0.2) is 6.29 Å². The van der Waals surface area contributed by atoms with Crippen molar-refractivity contribution >= 4 is 6.29 Å². The van der Waals surface area contributed by atoms with Crippen LogP contribution in [0.5, 0.6) is 0 Å². The zero-order valence-corrected chi connectivity index (χ0v) is 5.73. The third-order valence-corrected chi connectivity index (χ3v) is 1.45. The molecular formula is C9H10O. The van der Waals surface area contributed by atoms with Gasteiger partial charge in [-0.05, 0) is 18.4 Å². The SMILES string of the molecule is O=CC=CC1C=CC=CC1. The molecule has 0 aromatic carbocycles. The largest absolute Gasteiger partial charge is 0.299 e. The molecule has 0 bridgehead atoms. The van der Waals surface area contributed by atoms with Crippen LogP contribution in [0.4, 0.5) is 0 Å². The monoisotopic (exact) mass is 134 g/mol. The van der Waals surface area contributed by atoms with E-state index in [-0.39, 0.29) is 0 Å². The molecule has 1 nitrogen and oxygen atoms in total. The first-order chi connectivity index (χ1) is 4.93. The summed E-state index contributed by atoms with van der Waals surface area (Å²) in [6, 6.07) is 0. The number of hydrogen-bond donors (Lipinski definition) is 0. The smallest absolute Gasteiger partial charge is 0.142 e. The molecule has 1 rings (SSSR count). The third kappa shape index (κ3) is 2.02. The summed E-state index contributed by atoms with van der Waals surface area (Å²) < 4.78 is 0. The number of carbonyl (C=O) groups is 1. The fourth-order valence-corrected chi connectivity index (χ4v) is 0.931. The van der Waals surface area contributed by atoms with E-state index in [1.54, 1.807) is 6.08 Å². The summed E-state index contributed by atoms with van der Waals surface area (Å²) in [5.41, 5.74) is 0.